The average Bonchev–Trinajstić information content (AvgIpc) is 2.41. The lowest BCUT2D eigenvalue weighted by atomic mass is 10.2. The summed E-state index contributed by atoms with van der Waals surface area (Å²) in [5.74, 6) is -3.16. The molecule has 114 valence electrons. The van der Waals surface area contributed by atoms with Crippen molar-refractivity contribution in [2.24, 2.45) is 5.10 Å². The molecule has 0 atom stereocenters. The minimum Gasteiger partial charge on any atom is -0.504 e. The van der Waals surface area contributed by atoms with Crippen molar-refractivity contribution in [2.75, 3.05) is 6.61 Å². The maximum Gasteiger partial charge on any atom is 0.311 e. The van der Waals surface area contributed by atoms with Crippen molar-refractivity contribution in [2.45, 2.75) is 20.3 Å². The van der Waals surface area contributed by atoms with E-state index in [0.29, 0.717) is 5.71 Å². The fraction of sp³-hybridized carbons (Fsp3) is 0.308. The Balaban J connectivity index is 2.71. The number of phenolic OH excluding ortho intramolecular Hbond substituents is 3. The van der Waals surface area contributed by atoms with Crippen LogP contribution in [0.2, 0.25) is 0 Å². The van der Waals surface area contributed by atoms with Gasteiger partial charge in [-0.25, -0.2) is 5.43 Å². The molecule has 1 aromatic rings. The summed E-state index contributed by atoms with van der Waals surface area (Å²) in [5, 5.41) is 31.5. The van der Waals surface area contributed by atoms with Crippen LogP contribution in [0.25, 0.3) is 0 Å². The lowest BCUT2D eigenvalue weighted by Gasteiger charge is -2.05. The molecule has 0 saturated heterocycles. The molecule has 1 rings (SSSR count). The molecule has 8 heteroatoms. The van der Waals surface area contributed by atoms with Crippen molar-refractivity contribution >= 4 is 17.6 Å². The van der Waals surface area contributed by atoms with E-state index in [1.54, 1.807) is 6.92 Å². The summed E-state index contributed by atoms with van der Waals surface area (Å²) < 4.78 is 4.72. The molecular weight excluding hydrogens is 280 g/mol. The van der Waals surface area contributed by atoms with Gasteiger partial charge in [0.1, 0.15) is 0 Å². The first kappa shape index (κ1) is 16.3. The van der Waals surface area contributed by atoms with E-state index in [9.17, 15) is 19.8 Å². The van der Waals surface area contributed by atoms with Crippen molar-refractivity contribution in [3.63, 3.8) is 0 Å². The van der Waals surface area contributed by atoms with Crippen LogP contribution >= 0.6 is 0 Å². The Bertz CT molecular complexity index is 559. The van der Waals surface area contributed by atoms with Crippen molar-refractivity contribution in [1.82, 2.24) is 5.43 Å². The Kier molecular flexibility index (Phi) is 5.53. The molecule has 0 spiro atoms. The smallest absolute Gasteiger partial charge is 0.311 e. The standard InChI is InChI=1S/C13H16N2O6/c1-3-21-11(18)4-7(2)14-15-13(20)8-5-9(16)12(19)10(17)6-8/h5-6,16-17,19H,3-4H2,1-2H3,(H,15,20). The minimum absolute atomic E-state index is 0.0692. The molecule has 1 aromatic carbocycles. The maximum atomic E-state index is 11.7. The molecular formula is C13H16N2O6. The Morgan fingerprint density at radius 2 is 1.81 bits per heavy atom. The largest absolute Gasteiger partial charge is 0.504 e. The van der Waals surface area contributed by atoms with Crippen LogP contribution in [0.5, 0.6) is 17.2 Å². The first-order chi connectivity index (χ1) is 9.85. The number of phenols is 3. The third kappa shape index (κ3) is 4.68. The van der Waals surface area contributed by atoms with E-state index in [4.69, 9.17) is 9.84 Å². The van der Waals surface area contributed by atoms with Gasteiger partial charge in [0.2, 0.25) is 0 Å². The first-order valence-corrected chi connectivity index (χ1v) is 6.09. The number of amides is 1. The molecule has 0 aliphatic heterocycles. The maximum absolute atomic E-state index is 11.7. The number of benzene rings is 1. The molecule has 0 aliphatic carbocycles. The Hall–Kier alpha value is -2.77. The molecule has 0 radical (unpaired) electrons. The van der Waals surface area contributed by atoms with Gasteiger partial charge in [-0.05, 0) is 26.0 Å². The first-order valence-electron chi connectivity index (χ1n) is 6.09. The lowest BCUT2D eigenvalue weighted by molar-refractivity contribution is -0.141. The molecule has 0 unspecified atom stereocenters. The number of hydrogen-bond acceptors (Lipinski definition) is 7. The van der Waals surface area contributed by atoms with Gasteiger partial charge in [0.25, 0.3) is 5.91 Å². The van der Waals surface area contributed by atoms with E-state index in [1.165, 1.54) is 6.92 Å². The van der Waals surface area contributed by atoms with Crippen LogP contribution in [0.1, 0.15) is 30.6 Å². The average molecular weight is 296 g/mol. The van der Waals surface area contributed by atoms with Crippen LogP contribution < -0.4 is 5.43 Å². The van der Waals surface area contributed by atoms with E-state index in [1.807, 2.05) is 0 Å². The Labute approximate surface area is 120 Å². The minimum atomic E-state index is -0.719. The second-order valence-corrected chi connectivity index (χ2v) is 4.13. The van der Waals surface area contributed by atoms with Gasteiger partial charge in [-0.2, -0.15) is 5.10 Å². The van der Waals surface area contributed by atoms with Crippen LogP contribution in [0, 0.1) is 0 Å². The molecule has 0 fully saturated rings. The monoisotopic (exact) mass is 296 g/mol. The molecule has 1 amide bonds. The van der Waals surface area contributed by atoms with E-state index in [0.717, 1.165) is 12.1 Å². The highest BCUT2D eigenvalue weighted by Crippen LogP contribution is 2.35. The van der Waals surface area contributed by atoms with Crippen molar-refractivity contribution in [1.29, 1.82) is 0 Å². The third-order valence-electron chi connectivity index (χ3n) is 2.39. The lowest BCUT2D eigenvalue weighted by Crippen LogP contribution is -2.20. The summed E-state index contributed by atoms with van der Waals surface area (Å²) in [6.07, 6.45) is -0.0692. The van der Waals surface area contributed by atoms with Crippen molar-refractivity contribution in [3.05, 3.63) is 17.7 Å². The second-order valence-electron chi connectivity index (χ2n) is 4.13. The predicted molar refractivity (Wildman–Crippen MR) is 73.3 cm³/mol. The number of hydrogen-bond donors (Lipinski definition) is 4. The summed E-state index contributed by atoms with van der Waals surface area (Å²) in [6.45, 7) is 3.46. The fourth-order valence-electron chi connectivity index (χ4n) is 1.41. The number of ether oxygens (including phenoxy) is 1. The van der Waals surface area contributed by atoms with Gasteiger partial charge < -0.3 is 20.1 Å². The fourth-order valence-corrected chi connectivity index (χ4v) is 1.41. The number of esters is 1. The predicted octanol–water partition coefficient (Wildman–Crippen LogP) is 0.862. The topological polar surface area (TPSA) is 128 Å². The van der Waals surface area contributed by atoms with E-state index < -0.39 is 29.1 Å². The third-order valence-corrected chi connectivity index (χ3v) is 2.39. The van der Waals surface area contributed by atoms with Crippen LogP contribution in [-0.2, 0) is 9.53 Å². The van der Waals surface area contributed by atoms with Gasteiger partial charge in [0.05, 0.1) is 13.0 Å². The Morgan fingerprint density at radius 1 is 1.24 bits per heavy atom. The van der Waals surface area contributed by atoms with Crippen LogP contribution in [0.4, 0.5) is 0 Å². The summed E-state index contributed by atoms with van der Waals surface area (Å²) >= 11 is 0. The quantitative estimate of drug-likeness (QED) is 0.276. The molecule has 0 saturated carbocycles. The van der Waals surface area contributed by atoms with Gasteiger partial charge in [0, 0.05) is 11.3 Å². The van der Waals surface area contributed by atoms with Gasteiger partial charge >= 0.3 is 5.97 Å². The number of aromatic hydroxyl groups is 3. The van der Waals surface area contributed by atoms with Crippen molar-refractivity contribution in [3.8, 4) is 17.2 Å². The molecule has 0 heterocycles. The number of carbonyl (C=O) groups is 2. The highest BCUT2D eigenvalue weighted by molar-refractivity contribution is 6.00. The van der Waals surface area contributed by atoms with E-state index >= 15 is 0 Å². The second kappa shape index (κ2) is 7.13. The number of hydrazone groups is 1. The van der Waals surface area contributed by atoms with Crippen LogP contribution in [-0.4, -0.2) is 39.5 Å². The van der Waals surface area contributed by atoms with Gasteiger partial charge in [-0.3, -0.25) is 9.59 Å². The summed E-state index contributed by atoms with van der Waals surface area (Å²) in [4.78, 5) is 22.9. The van der Waals surface area contributed by atoms with Crippen LogP contribution in [0.3, 0.4) is 0 Å². The summed E-state index contributed by atoms with van der Waals surface area (Å²) in [5.41, 5.74) is 2.38. The SMILES string of the molecule is CCOC(=O)CC(C)=NNC(=O)c1cc(O)c(O)c(O)c1. The van der Waals surface area contributed by atoms with Gasteiger partial charge in [-0.1, -0.05) is 0 Å². The Morgan fingerprint density at radius 3 is 2.33 bits per heavy atom. The van der Waals surface area contributed by atoms with Crippen molar-refractivity contribution < 1.29 is 29.6 Å². The molecule has 21 heavy (non-hydrogen) atoms. The molecule has 0 bridgehead atoms. The normalized spacial score (nSPS) is 11.0. The molecule has 0 aliphatic rings. The zero-order chi connectivity index (χ0) is 16.0. The zero-order valence-corrected chi connectivity index (χ0v) is 11.6. The molecule has 4 N–H and O–H groups in total. The zero-order valence-electron chi connectivity index (χ0n) is 11.6. The number of nitrogens with one attached hydrogen (secondary N) is 1. The highest BCUT2D eigenvalue weighted by atomic mass is 16.5. The molecule has 8 nitrogen and oxygen atoms in total. The number of nitrogens with zero attached hydrogens (tertiary/aromatic N) is 1. The number of rotatable bonds is 5. The van der Waals surface area contributed by atoms with E-state index in [2.05, 4.69) is 10.5 Å². The van der Waals surface area contributed by atoms with Gasteiger partial charge in [-0.15, -0.1) is 0 Å². The molecule has 0 aromatic heterocycles. The highest BCUT2D eigenvalue weighted by Gasteiger charge is 2.13. The summed E-state index contributed by atoms with van der Waals surface area (Å²) in [6, 6.07) is 1.95. The van der Waals surface area contributed by atoms with E-state index in [-0.39, 0.29) is 18.6 Å². The number of carbonyl (C=O) groups excluding carboxylic acids is 2. The van der Waals surface area contributed by atoms with Crippen LogP contribution in [0.15, 0.2) is 17.2 Å². The van der Waals surface area contributed by atoms with Gasteiger partial charge in [0.15, 0.2) is 17.2 Å². The summed E-state index contributed by atoms with van der Waals surface area (Å²) in [7, 11) is 0.